The van der Waals surface area contributed by atoms with Crippen LogP contribution >= 0.6 is 0 Å². The predicted molar refractivity (Wildman–Crippen MR) is 78.4 cm³/mol. The molecule has 0 spiro atoms. The highest BCUT2D eigenvalue weighted by atomic mass is 14.9. The second kappa shape index (κ2) is 4.72. The summed E-state index contributed by atoms with van der Waals surface area (Å²) in [5, 5.41) is 0. The normalized spacial score (nSPS) is 10.9. The summed E-state index contributed by atoms with van der Waals surface area (Å²) in [4.78, 5) is 14.0. The van der Waals surface area contributed by atoms with Gasteiger partial charge in [0.1, 0.15) is 5.69 Å². The summed E-state index contributed by atoms with van der Waals surface area (Å²) in [7, 11) is 0. The van der Waals surface area contributed by atoms with Crippen LogP contribution in [0.15, 0.2) is 0 Å². The third-order valence-electron chi connectivity index (χ3n) is 4.01. The molecule has 0 aliphatic rings. The Morgan fingerprint density at radius 2 is 0.947 bits per heavy atom. The van der Waals surface area contributed by atoms with E-state index < -0.39 is 0 Å². The zero-order chi connectivity index (χ0) is 14.3. The first-order chi connectivity index (χ1) is 8.82. The van der Waals surface area contributed by atoms with Gasteiger partial charge in [-0.05, 0) is 65.2 Å². The number of hydrogen-bond donors (Lipinski definition) is 0. The van der Waals surface area contributed by atoms with Gasteiger partial charge in [-0.2, -0.15) is 0 Å². The van der Waals surface area contributed by atoms with Gasteiger partial charge >= 0.3 is 0 Å². The van der Waals surface area contributed by atoms with Gasteiger partial charge in [-0.15, -0.1) is 0 Å². The van der Waals surface area contributed by atoms with Crippen molar-refractivity contribution in [3.05, 3.63) is 39.5 Å². The Balaban J connectivity index is 2.76. The Morgan fingerprint density at radius 3 is 1.58 bits per heavy atom. The third kappa shape index (κ3) is 2.25. The van der Waals surface area contributed by atoms with Crippen molar-refractivity contribution in [2.45, 2.75) is 48.5 Å². The van der Waals surface area contributed by atoms with E-state index in [1.165, 1.54) is 16.7 Å². The fourth-order valence-corrected chi connectivity index (χ4v) is 2.24. The predicted octanol–water partition coefficient (Wildman–Crippen LogP) is 3.70. The number of aryl methyl sites for hydroxylation is 4. The molecule has 0 fully saturated rings. The fraction of sp³-hybridized carbons (Fsp3) is 0.438. The van der Waals surface area contributed by atoms with Gasteiger partial charge in [-0.1, -0.05) is 0 Å². The van der Waals surface area contributed by atoms with Crippen molar-refractivity contribution in [2.24, 2.45) is 0 Å². The lowest BCUT2D eigenvalue weighted by Gasteiger charge is -2.14. The molecule has 3 nitrogen and oxygen atoms in total. The van der Waals surface area contributed by atoms with Crippen molar-refractivity contribution >= 4 is 0 Å². The van der Waals surface area contributed by atoms with Crippen LogP contribution in [0.2, 0.25) is 0 Å². The summed E-state index contributed by atoms with van der Waals surface area (Å²) in [6.07, 6.45) is 0. The number of aromatic nitrogens is 3. The Morgan fingerprint density at radius 1 is 0.421 bits per heavy atom. The van der Waals surface area contributed by atoms with Crippen LogP contribution in [0.1, 0.15) is 39.5 Å². The standard InChI is InChI=1S/C16H21N3/c1-8-9(2)11(4)18-15(10(8)3)16-14(7)17-12(5)13(6)19-16/h1-7H3. The van der Waals surface area contributed by atoms with Gasteiger partial charge in [0.05, 0.1) is 22.8 Å². The summed E-state index contributed by atoms with van der Waals surface area (Å²) in [5.41, 5.74) is 9.60. The van der Waals surface area contributed by atoms with Crippen molar-refractivity contribution in [1.82, 2.24) is 15.0 Å². The molecule has 0 aromatic carbocycles. The minimum atomic E-state index is 0.909. The van der Waals surface area contributed by atoms with Crippen molar-refractivity contribution in [1.29, 1.82) is 0 Å². The topological polar surface area (TPSA) is 38.7 Å². The smallest absolute Gasteiger partial charge is 0.110 e. The van der Waals surface area contributed by atoms with Crippen molar-refractivity contribution in [3.63, 3.8) is 0 Å². The van der Waals surface area contributed by atoms with E-state index in [0.717, 1.165) is 34.2 Å². The molecule has 2 heterocycles. The minimum absolute atomic E-state index is 0.909. The summed E-state index contributed by atoms with van der Waals surface area (Å²) in [6, 6.07) is 0. The summed E-state index contributed by atoms with van der Waals surface area (Å²) in [6.45, 7) is 14.4. The lowest BCUT2D eigenvalue weighted by Crippen LogP contribution is -2.05. The van der Waals surface area contributed by atoms with E-state index >= 15 is 0 Å². The zero-order valence-electron chi connectivity index (χ0n) is 12.8. The molecule has 0 aliphatic heterocycles. The molecule has 3 heteroatoms. The van der Waals surface area contributed by atoms with Gasteiger partial charge in [0.2, 0.25) is 0 Å². The maximum absolute atomic E-state index is 4.73. The molecule has 0 saturated carbocycles. The van der Waals surface area contributed by atoms with E-state index in [9.17, 15) is 0 Å². The van der Waals surface area contributed by atoms with E-state index in [1.54, 1.807) is 0 Å². The maximum Gasteiger partial charge on any atom is 0.110 e. The van der Waals surface area contributed by atoms with Gasteiger partial charge in [0, 0.05) is 5.69 Å². The van der Waals surface area contributed by atoms with E-state index in [-0.39, 0.29) is 0 Å². The molecule has 0 bridgehead atoms. The van der Waals surface area contributed by atoms with Gasteiger partial charge < -0.3 is 0 Å². The second-order valence-electron chi connectivity index (χ2n) is 5.25. The highest BCUT2D eigenvalue weighted by molar-refractivity contribution is 5.64. The molecule has 0 atom stereocenters. The first-order valence-electron chi connectivity index (χ1n) is 6.59. The quantitative estimate of drug-likeness (QED) is 0.780. The molecule has 2 aromatic rings. The van der Waals surface area contributed by atoms with Gasteiger partial charge in [-0.3, -0.25) is 9.97 Å². The lowest BCUT2D eigenvalue weighted by molar-refractivity contribution is 0.989. The van der Waals surface area contributed by atoms with E-state index in [4.69, 9.17) is 9.97 Å². The molecule has 19 heavy (non-hydrogen) atoms. The minimum Gasteiger partial charge on any atom is -0.254 e. The van der Waals surface area contributed by atoms with Crippen LogP contribution < -0.4 is 0 Å². The van der Waals surface area contributed by atoms with Gasteiger partial charge in [0.15, 0.2) is 0 Å². The highest BCUT2D eigenvalue weighted by Crippen LogP contribution is 2.27. The second-order valence-corrected chi connectivity index (χ2v) is 5.25. The van der Waals surface area contributed by atoms with Crippen LogP contribution in [0.5, 0.6) is 0 Å². The van der Waals surface area contributed by atoms with E-state index in [0.29, 0.717) is 0 Å². The number of nitrogens with zero attached hydrogens (tertiary/aromatic N) is 3. The van der Waals surface area contributed by atoms with Crippen LogP contribution in [-0.4, -0.2) is 15.0 Å². The highest BCUT2D eigenvalue weighted by Gasteiger charge is 2.15. The lowest BCUT2D eigenvalue weighted by atomic mass is 9.99. The Bertz CT molecular complexity index is 658. The fourth-order valence-electron chi connectivity index (χ4n) is 2.24. The Labute approximate surface area is 115 Å². The molecule has 100 valence electrons. The number of pyridine rings is 1. The van der Waals surface area contributed by atoms with Gasteiger partial charge in [-0.25, -0.2) is 4.98 Å². The molecule has 0 unspecified atom stereocenters. The van der Waals surface area contributed by atoms with Crippen LogP contribution in [-0.2, 0) is 0 Å². The molecule has 0 saturated heterocycles. The average Bonchev–Trinajstić information content (AvgIpc) is 2.36. The zero-order valence-corrected chi connectivity index (χ0v) is 12.8. The van der Waals surface area contributed by atoms with Crippen molar-refractivity contribution < 1.29 is 0 Å². The number of rotatable bonds is 1. The molecule has 2 aromatic heterocycles. The first kappa shape index (κ1) is 13.7. The third-order valence-corrected chi connectivity index (χ3v) is 4.01. The van der Waals surface area contributed by atoms with Crippen molar-refractivity contribution in [3.8, 4) is 11.4 Å². The Hall–Kier alpha value is -1.77. The molecule has 0 aliphatic carbocycles. The van der Waals surface area contributed by atoms with Crippen LogP contribution in [0.3, 0.4) is 0 Å². The van der Waals surface area contributed by atoms with Gasteiger partial charge in [0.25, 0.3) is 0 Å². The number of hydrogen-bond acceptors (Lipinski definition) is 3. The van der Waals surface area contributed by atoms with Crippen LogP contribution in [0.25, 0.3) is 11.4 Å². The summed E-state index contributed by atoms with van der Waals surface area (Å²) in [5.74, 6) is 0. The molecule has 0 N–H and O–H groups in total. The molecular formula is C16H21N3. The first-order valence-corrected chi connectivity index (χ1v) is 6.59. The summed E-state index contributed by atoms with van der Waals surface area (Å²) >= 11 is 0. The largest absolute Gasteiger partial charge is 0.254 e. The molecule has 0 amide bonds. The summed E-state index contributed by atoms with van der Waals surface area (Å²) < 4.78 is 0. The Kier molecular flexibility index (Phi) is 3.40. The molecule has 0 radical (unpaired) electrons. The molecule has 2 rings (SSSR count). The van der Waals surface area contributed by atoms with Crippen LogP contribution in [0.4, 0.5) is 0 Å². The monoisotopic (exact) mass is 255 g/mol. The maximum atomic E-state index is 4.73. The molecular weight excluding hydrogens is 234 g/mol. The van der Waals surface area contributed by atoms with E-state index in [2.05, 4.69) is 32.7 Å². The average molecular weight is 255 g/mol. The van der Waals surface area contributed by atoms with E-state index in [1.807, 2.05) is 20.8 Å². The SMILES string of the molecule is Cc1nc(C)c(-c2nc(C)c(C)c(C)c2C)nc1C. The van der Waals surface area contributed by atoms with Crippen molar-refractivity contribution in [2.75, 3.05) is 0 Å². The van der Waals surface area contributed by atoms with Crippen LogP contribution in [0, 0.1) is 48.5 Å².